The highest BCUT2D eigenvalue weighted by Gasteiger charge is 2.11. The molecule has 1 heteroatoms. The van der Waals surface area contributed by atoms with Crippen molar-refractivity contribution < 1.29 is 0 Å². The third kappa shape index (κ3) is 3.85. The normalized spacial score (nSPS) is 21.2. The zero-order chi connectivity index (χ0) is 7.94. The van der Waals surface area contributed by atoms with Crippen LogP contribution in [0.4, 0.5) is 0 Å². The maximum absolute atomic E-state index is 2.22. The monoisotopic (exact) mass is 170 g/mol. The average molecular weight is 170 g/mol. The summed E-state index contributed by atoms with van der Waals surface area (Å²) in [5, 5.41) is 2.22. The third-order valence-corrected chi connectivity index (χ3v) is 3.42. The van der Waals surface area contributed by atoms with Gasteiger partial charge in [0, 0.05) is 5.75 Å². The minimum Gasteiger partial charge on any atom is -0.134 e. The van der Waals surface area contributed by atoms with Crippen molar-refractivity contribution in [3.05, 3.63) is 11.5 Å². The second-order valence-corrected chi connectivity index (χ2v) is 4.25. The van der Waals surface area contributed by atoms with Crippen molar-refractivity contribution in [2.24, 2.45) is 5.92 Å². The van der Waals surface area contributed by atoms with Crippen LogP contribution in [0.2, 0.25) is 0 Å². The summed E-state index contributed by atoms with van der Waals surface area (Å²) in [6.45, 7) is 2.09. The molecule has 0 aromatic rings. The minimum absolute atomic E-state index is 1.02. The van der Waals surface area contributed by atoms with Crippen molar-refractivity contribution >= 4 is 11.8 Å². The molecule has 0 saturated heterocycles. The van der Waals surface area contributed by atoms with Gasteiger partial charge in [0.2, 0.25) is 0 Å². The Morgan fingerprint density at radius 1 is 1.27 bits per heavy atom. The summed E-state index contributed by atoms with van der Waals surface area (Å²) in [4.78, 5) is 0. The van der Waals surface area contributed by atoms with E-state index >= 15 is 0 Å². The van der Waals surface area contributed by atoms with Crippen molar-refractivity contribution in [2.75, 3.05) is 5.75 Å². The highest BCUT2D eigenvalue weighted by molar-refractivity contribution is 8.02. The molecule has 64 valence electrons. The molecular formula is C10H18S. The van der Waals surface area contributed by atoms with Crippen LogP contribution >= 0.6 is 11.8 Å². The number of thioether (sulfide) groups is 1. The molecule has 0 bridgehead atoms. The van der Waals surface area contributed by atoms with Crippen molar-refractivity contribution in [3.63, 3.8) is 0 Å². The first-order valence-electron chi connectivity index (χ1n) is 4.66. The molecule has 1 aliphatic rings. The van der Waals surface area contributed by atoms with E-state index in [1.807, 2.05) is 11.8 Å². The Kier molecular flexibility index (Phi) is 4.76. The van der Waals surface area contributed by atoms with Crippen molar-refractivity contribution in [3.8, 4) is 0 Å². The van der Waals surface area contributed by atoms with Crippen LogP contribution in [0, 0.1) is 5.92 Å². The Labute approximate surface area is 74.5 Å². The lowest BCUT2D eigenvalue weighted by molar-refractivity contribution is 0.391. The molecule has 0 atom stereocenters. The SMILES string of the molecule is C/C=C\SCC1CCCCC1. The van der Waals surface area contributed by atoms with Gasteiger partial charge in [-0.1, -0.05) is 25.3 Å². The molecule has 1 saturated carbocycles. The standard InChI is InChI=1S/C10H18S/c1-2-8-11-9-10-6-4-3-5-7-10/h2,8,10H,3-7,9H2,1H3/b8-2-. The van der Waals surface area contributed by atoms with E-state index in [1.165, 1.54) is 37.9 Å². The van der Waals surface area contributed by atoms with Gasteiger partial charge in [0.05, 0.1) is 0 Å². The third-order valence-electron chi connectivity index (χ3n) is 2.29. The van der Waals surface area contributed by atoms with Gasteiger partial charge in [-0.2, -0.15) is 0 Å². The highest BCUT2D eigenvalue weighted by Crippen LogP contribution is 2.26. The minimum atomic E-state index is 1.02. The molecule has 1 aliphatic carbocycles. The first kappa shape index (κ1) is 9.18. The summed E-state index contributed by atoms with van der Waals surface area (Å²) in [7, 11) is 0. The smallest absolute Gasteiger partial charge is 0.000231 e. The first-order chi connectivity index (χ1) is 5.43. The van der Waals surface area contributed by atoms with Crippen LogP contribution in [0.15, 0.2) is 11.5 Å². The molecule has 0 radical (unpaired) electrons. The lowest BCUT2D eigenvalue weighted by Crippen LogP contribution is -2.07. The van der Waals surface area contributed by atoms with Gasteiger partial charge in [-0.25, -0.2) is 0 Å². The zero-order valence-electron chi connectivity index (χ0n) is 7.38. The molecular weight excluding hydrogens is 152 g/mol. The molecule has 0 heterocycles. The lowest BCUT2D eigenvalue weighted by atomic mass is 9.91. The first-order valence-corrected chi connectivity index (χ1v) is 5.71. The largest absolute Gasteiger partial charge is 0.134 e. The molecule has 0 aliphatic heterocycles. The molecule has 11 heavy (non-hydrogen) atoms. The lowest BCUT2D eigenvalue weighted by Gasteiger charge is -2.20. The van der Waals surface area contributed by atoms with Gasteiger partial charge in [-0.05, 0) is 31.1 Å². The van der Waals surface area contributed by atoms with Gasteiger partial charge < -0.3 is 0 Å². The molecule has 0 aromatic heterocycles. The Balaban J connectivity index is 2.04. The van der Waals surface area contributed by atoms with Crippen LogP contribution in [-0.2, 0) is 0 Å². The molecule has 0 spiro atoms. The van der Waals surface area contributed by atoms with Crippen LogP contribution < -0.4 is 0 Å². The topological polar surface area (TPSA) is 0 Å². The van der Waals surface area contributed by atoms with Gasteiger partial charge in [-0.15, -0.1) is 11.8 Å². The molecule has 1 rings (SSSR count). The maximum atomic E-state index is 2.22. The summed E-state index contributed by atoms with van der Waals surface area (Å²) in [6.07, 6.45) is 9.51. The van der Waals surface area contributed by atoms with Crippen molar-refractivity contribution in [2.45, 2.75) is 39.0 Å². The van der Waals surface area contributed by atoms with Gasteiger partial charge in [0.25, 0.3) is 0 Å². The quantitative estimate of drug-likeness (QED) is 0.620. The maximum Gasteiger partial charge on any atom is 0.000231 e. The number of hydrogen-bond donors (Lipinski definition) is 0. The summed E-state index contributed by atoms with van der Waals surface area (Å²) in [5.74, 6) is 2.37. The van der Waals surface area contributed by atoms with Crippen LogP contribution in [0.1, 0.15) is 39.0 Å². The van der Waals surface area contributed by atoms with Crippen molar-refractivity contribution in [1.29, 1.82) is 0 Å². The van der Waals surface area contributed by atoms with Crippen LogP contribution in [0.3, 0.4) is 0 Å². The van der Waals surface area contributed by atoms with Crippen molar-refractivity contribution in [1.82, 2.24) is 0 Å². The van der Waals surface area contributed by atoms with E-state index in [1.54, 1.807) is 0 Å². The number of hydrogen-bond acceptors (Lipinski definition) is 1. The van der Waals surface area contributed by atoms with E-state index in [4.69, 9.17) is 0 Å². The van der Waals surface area contributed by atoms with E-state index in [0.717, 1.165) is 5.92 Å². The fourth-order valence-corrected chi connectivity index (χ4v) is 2.55. The Hall–Kier alpha value is 0.0900. The summed E-state index contributed by atoms with van der Waals surface area (Å²) < 4.78 is 0. The molecule has 1 fully saturated rings. The number of allylic oxidation sites excluding steroid dienone is 1. The summed E-state index contributed by atoms with van der Waals surface area (Å²) in [5.41, 5.74) is 0. The van der Waals surface area contributed by atoms with Gasteiger partial charge in [0.1, 0.15) is 0 Å². The van der Waals surface area contributed by atoms with Crippen LogP contribution in [0.5, 0.6) is 0 Å². The highest BCUT2D eigenvalue weighted by atomic mass is 32.2. The predicted octanol–water partition coefficient (Wildman–Crippen LogP) is 3.83. The van der Waals surface area contributed by atoms with E-state index in [0.29, 0.717) is 0 Å². The van der Waals surface area contributed by atoms with E-state index in [-0.39, 0.29) is 0 Å². The second kappa shape index (κ2) is 5.70. The van der Waals surface area contributed by atoms with Gasteiger partial charge in [-0.3, -0.25) is 0 Å². The molecule has 0 amide bonds. The fraction of sp³-hybridized carbons (Fsp3) is 0.800. The number of rotatable bonds is 3. The molecule has 0 N–H and O–H groups in total. The van der Waals surface area contributed by atoms with E-state index < -0.39 is 0 Å². The van der Waals surface area contributed by atoms with Gasteiger partial charge in [0.15, 0.2) is 0 Å². The average Bonchev–Trinajstić information content (AvgIpc) is 2.07. The van der Waals surface area contributed by atoms with E-state index in [9.17, 15) is 0 Å². The fourth-order valence-electron chi connectivity index (χ4n) is 1.64. The Morgan fingerprint density at radius 3 is 2.64 bits per heavy atom. The molecule has 0 nitrogen and oxygen atoms in total. The molecule has 0 unspecified atom stereocenters. The second-order valence-electron chi connectivity index (χ2n) is 3.31. The summed E-state index contributed by atoms with van der Waals surface area (Å²) in [6, 6.07) is 0. The van der Waals surface area contributed by atoms with Gasteiger partial charge >= 0.3 is 0 Å². The van der Waals surface area contributed by atoms with Crippen LogP contribution in [0.25, 0.3) is 0 Å². The Morgan fingerprint density at radius 2 is 2.00 bits per heavy atom. The Bertz CT molecular complexity index is 112. The van der Waals surface area contributed by atoms with Crippen LogP contribution in [-0.4, -0.2) is 5.75 Å². The molecule has 0 aromatic carbocycles. The van der Waals surface area contributed by atoms with E-state index in [2.05, 4.69) is 18.4 Å². The zero-order valence-corrected chi connectivity index (χ0v) is 8.20. The summed E-state index contributed by atoms with van der Waals surface area (Å²) >= 11 is 1.98. The predicted molar refractivity (Wildman–Crippen MR) is 53.8 cm³/mol.